The molecule has 1 radical (unpaired) electrons. The second-order valence-corrected chi connectivity index (χ2v) is 0. The minimum atomic E-state index is 0. The molecule has 0 aliphatic heterocycles. The van der Waals surface area contributed by atoms with Crippen LogP contribution in [0.3, 0.4) is 0 Å². The minimum absolute atomic E-state index is 0. The van der Waals surface area contributed by atoms with Crippen LogP contribution in [0.5, 0.6) is 0 Å². The molecule has 0 bridgehead atoms. The van der Waals surface area contributed by atoms with Crippen LogP contribution < -0.4 is 6.15 Å². The van der Waals surface area contributed by atoms with Crippen molar-refractivity contribution in [2.45, 2.75) is 0 Å². The Bertz CT molecular complexity index is 8.00. The Morgan fingerprint density at radius 1 is 1.25 bits per heavy atom. The second kappa shape index (κ2) is 30.4. The van der Waals surface area contributed by atoms with Crippen molar-refractivity contribution in [3.8, 4) is 0 Å². The van der Waals surface area contributed by atoms with Crippen molar-refractivity contribution in [1.29, 1.82) is 0 Å². The van der Waals surface area contributed by atoms with Crippen LogP contribution in [-0.4, -0.2) is 5.83 Å². The third-order valence-corrected chi connectivity index (χ3v) is 0. The molecule has 0 rings (SSSR count). The topological polar surface area (TPSA) is 35.0 Å². The van der Waals surface area contributed by atoms with E-state index in [1.165, 1.54) is 0 Å². The van der Waals surface area contributed by atoms with Gasteiger partial charge in [0.15, 0.2) is 0 Å². The van der Waals surface area contributed by atoms with Crippen molar-refractivity contribution in [3.63, 3.8) is 0 Å². The molecule has 0 spiro atoms. The van der Waals surface area contributed by atoms with E-state index in [1.54, 1.807) is 0 Å². The van der Waals surface area contributed by atoms with Gasteiger partial charge >= 0.3 is 0 Å². The monoisotopic (exact) mass is 218 g/mol. The van der Waals surface area contributed by atoms with Crippen LogP contribution in [0.25, 0.3) is 0 Å². The molecule has 0 aromatic rings. The van der Waals surface area contributed by atoms with Gasteiger partial charge in [-0.15, -0.1) is 0 Å². The van der Waals surface area contributed by atoms with Crippen molar-refractivity contribution in [3.05, 3.63) is 0 Å². The number of alkyl halides is 1. The Morgan fingerprint density at radius 3 is 1.25 bits per heavy atom. The molecule has 1 nitrogen and oxygen atoms in total. The van der Waals surface area contributed by atoms with Gasteiger partial charge in [0.05, 0.1) is 0 Å². The van der Waals surface area contributed by atoms with E-state index >= 15 is 0 Å². The fraction of sp³-hybridized carbons (Fsp3) is 1.00. The summed E-state index contributed by atoms with van der Waals surface area (Å²) in [6.45, 7) is 0. The average Bonchev–Trinajstić information content (AvgIpc) is 1.00. The molecule has 0 aliphatic rings. The summed E-state index contributed by atoms with van der Waals surface area (Å²) in [5.41, 5.74) is 0. The molecule has 0 aromatic heterocycles. The maximum atomic E-state index is 2.94. The Morgan fingerprint density at radius 2 is 1.25 bits per heavy atom. The Labute approximate surface area is 50.4 Å². The van der Waals surface area contributed by atoms with Crippen LogP contribution in [-0.2, 0) is 22.4 Å². The molecule has 3 heteroatoms. The van der Waals surface area contributed by atoms with Gasteiger partial charge in [-0.3, -0.25) is 0 Å². The largest absolute Gasteiger partial charge is 0.344 e. The molecule has 0 aromatic carbocycles. The van der Waals surface area contributed by atoms with Crippen molar-refractivity contribution < 1.29 is 22.4 Å². The van der Waals surface area contributed by atoms with Crippen LogP contribution in [0, 0.1) is 0 Å². The van der Waals surface area contributed by atoms with Gasteiger partial charge in [-0.05, 0) is 5.83 Å². The van der Waals surface area contributed by atoms with Gasteiger partial charge in [0.1, 0.15) is 0 Å². The summed E-state index contributed by atoms with van der Waals surface area (Å²) in [4.78, 5) is 0. The van der Waals surface area contributed by atoms with Gasteiger partial charge in [-0.1, -0.05) is 15.9 Å². The van der Waals surface area contributed by atoms with Gasteiger partial charge < -0.3 is 6.15 Å². The van der Waals surface area contributed by atoms with Gasteiger partial charge in [0, 0.05) is 22.4 Å². The number of hydrogen-bond acceptors (Lipinski definition) is 1. The smallest absolute Gasteiger partial charge is 0 e. The summed E-state index contributed by atoms with van der Waals surface area (Å²) in [6, 6.07) is 0. The molecule has 0 fully saturated rings. The van der Waals surface area contributed by atoms with Gasteiger partial charge in [-0.2, -0.15) is 0 Å². The quantitative estimate of drug-likeness (QED) is 0.482. The summed E-state index contributed by atoms with van der Waals surface area (Å²) in [6.07, 6.45) is 0. The maximum absolute atomic E-state index is 2.94. The van der Waals surface area contributed by atoms with Gasteiger partial charge in [-0.25, -0.2) is 0 Å². The molecule has 0 unspecified atom stereocenters. The Balaban J connectivity index is -0.00000000500. The van der Waals surface area contributed by atoms with E-state index in [-0.39, 0.29) is 28.5 Å². The first-order valence-electron chi connectivity index (χ1n) is 0.378. The molecule has 33 valence electrons. The number of hydrogen-bond donors (Lipinski definition) is 1. The first kappa shape index (κ1) is 19.0. The van der Waals surface area contributed by atoms with E-state index in [1.807, 2.05) is 5.83 Å². The van der Waals surface area contributed by atoms with Crippen LogP contribution in [0.4, 0.5) is 0 Å². The summed E-state index contributed by atoms with van der Waals surface area (Å²) in [7, 11) is 0. The molecule has 4 heavy (non-hydrogen) atoms. The van der Waals surface area contributed by atoms with E-state index in [2.05, 4.69) is 15.9 Å². The fourth-order valence-corrected chi connectivity index (χ4v) is 0. The summed E-state index contributed by atoms with van der Waals surface area (Å²) < 4.78 is 0. The van der Waals surface area contributed by atoms with E-state index < -0.39 is 0 Å². The third kappa shape index (κ3) is 10.9. The summed E-state index contributed by atoms with van der Waals surface area (Å²) in [5.74, 6) is 1.81. The van der Waals surface area contributed by atoms with Crippen molar-refractivity contribution in [2.24, 2.45) is 0 Å². The summed E-state index contributed by atoms with van der Waals surface area (Å²) >= 11 is 2.94. The van der Waals surface area contributed by atoms with Crippen molar-refractivity contribution in [1.82, 2.24) is 6.15 Å². The molecule has 0 saturated carbocycles. The zero-order chi connectivity index (χ0) is 2.00. The van der Waals surface area contributed by atoms with E-state index in [9.17, 15) is 0 Å². The van der Waals surface area contributed by atoms with E-state index in [0.717, 1.165) is 0 Å². The van der Waals surface area contributed by atoms with Gasteiger partial charge in [0.2, 0.25) is 0 Å². The molecule has 0 aliphatic carbocycles. The van der Waals surface area contributed by atoms with E-state index in [4.69, 9.17) is 0 Å². The van der Waals surface area contributed by atoms with Crippen molar-refractivity contribution >= 4 is 15.9 Å². The average molecular weight is 220 g/mol. The number of halogens is 1. The predicted molar refractivity (Wildman–Crippen MR) is 19.9 cm³/mol. The van der Waals surface area contributed by atoms with E-state index in [0.29, 0.717) is 0 Å². The third-order valence-electron chi connectivity index (χ3n) is 0. The molecule has 0 atom stereocenters. The predicted octanol–water partition coefficient (Wildman–Crippen LogP) is 1.17. The SMILES string of the molecule is CBr.N.[Ag]. The maximum Gasteiger partial charge on any atom is 0 e. The van der Waals surface area contributed by atoms with Crippen LogP contribution in [0.15, 0.2) is 0 Å². The number of rotatable bonds is 0. The molecule has 0 saturated heterocycles. The first-order valence-corrected chi connectivity index (χ1v) is 1.96. The fourth-order valence-electron chi connectivity index (χ4n) is 0. The second-order valence-electron chi connectivity index (χ2n) is 0. The molecule has 0 amide bonds. The van der Waals surface area contributed by atoms with Gasteiger partial charge in [0.25, 0.3) is 0 Å². The standard InChI is InChI=1S/CH3Br.Ag.H3N/c1-2;;/h1H3;;1H3. The van der Waals surface area contributed by atoms with Crippen LogP contribution >= 0.6 is 15.9 Å². The Kier molecular flexibility index (Phi) is 144. The first-order chi connectivity index (χ1) is 1.00. The zero-order valence-corrected chi connectivity index (χ0v) is 5.45. The van der Waals surface area contributed by atoms with Crippen molar-refractivity contribution in [2.75, 3.05) is 5.83 Å². The van der Waals surface area contributed by atoms with Crippen LogP contribution in [0.2, 0.25) is 0 Å². The minimum Gasteiger partial charge on any atom is -0.344 e. The normalized spacial score (nSPS) is 1.50. The molecular formula is CH6AgBrN. The Hall–Kier alpha value is 1.18. The van der Waals surface area contributed by atoms with Crippen LogP contribution in [0.1, 0.15) is 0 Å². The molecular weight excluding hydrogens is 214 g/mol. The zero-order valence-electron chi connectivity index (χ0n) is 2.39. The molecule has 0 heterocycles. The summed E-state index contributed by atoms with van der Waals surface area (Å²) in [5, 5.41) is 0. The molecule has 3 N–H and O–H groups in total.